The minimum absolute atomic E-state index is 0.0518. The summed E-state index contributed by atoms with van der Waals surface area (Å²) in [6.45, 7) is 7.42. The van der Waals surface area contributed by atoms with E-state index in [2.05, 4.69) is 20.2 Å². The summed E-state index contributed by atoms with van der Waals surface area (Å²) in [4.78, 5) is 22.8. The smallest absolute Gasteiger partial charge is 0.356 e. The molecule has 0 saturated carbocycles. The first-order valence-electron chi connectivity index (χ1n) is 9.29. The molecule has 0 spiro atoms. The predicted molar refractivity (Wildman–Crippen MR) is 102 cm³/mol. The lowest BCUT2D eigenvalue weighted by molar-refractivity contribution is 0.0688. The second kappa shape index (κ2) is 8.43. The molecular weight excluding hydrogens is 347 g/mol. The minimum atomic E-state index is -1.10. The van der Waals surface area contributed by atoms with Gasteiger partial charge in [-0.05, 0) is 50.6 Å². The van der Waals surface area contributed by atoms with Crippen LogP contribution in [0.4, 0.5) is 10.2 Å². The number of nitrogens with zero attached hydrogens (tertiary/aromatic N) is 3. The first-order valence-corrected chi connectivity index (χ1v) is 9.29. The molecule has 1 aliphatic rings. The van der Waals surface area contributed by atoms with Gasteiger partial charge < -0.3 is 15.3 Å². The summed E-state index contributed by atoms with van der Waals surface area (Å²) in [6.07, 6.45) is 2.47. The van der Waals surface area contributed by atoms with Gasteiger partial charge >= 0.3 is 5.97 Å². The molecule has 0 radical (unpaired) electrons. The Morgan fingerprint density at radius 3 is 2.56 bits per heavy atom. The molecule has 1 aromatic carbocycles. The Morgan fingerprint density at radius 2 is 1.93 bits per heavy atom. The van der Waals surface area contributed by atoms with Crippen LogP contribution in [0.5, 0.6) is 0 Å². The molecule has 1 atom stereocenters. The van der Waals surface area contributed by atoms with Gasteiger partial charge in [-0.2, -0.15) is 0 Å². The summed E-state index contributed by atoms with van der Waals surface area (Å²) >= 11 is 0. The average Bonchev–Trinajstić information content (AvgIpc) is 3.15. The lowest BCUT2D eigenvalue weighted by atomic mass is 9.97. The van der Waals surface area contributed by atoms with Gasteiger partial charge in [-0.25, -0.2) is 19.2 Å². The molecule has 27 heavy (non-hydrogen) atoms. The second-order valence-electron chi connectivity index (χ2n) is 6.95. The lowest BCUT2D eigenvalue weighted by Crippen LogP contribution is -2.27. The minimum Gasteiger partial charge on any atom is -0.476 e. The number of aromatic nitrogens is 2. The van der Waals surface area contributed by atoms with Crippen molar-refractivity contribution < 1.29 is 14.3 Å². The third-order valence-corrected chi connectivity index (χ3v) is 5.00. The number of aromatic carboxylic acids is 1. The number of carbonyl (C=O) groups is 1. The molecule has 6 nitrogen and oxygen atoms in total. The van der Waals surface area contributed by atoms with Crippen molar-refractivity contribution in [2.24, 2.45) is 0 Å². The summed E-state index contributed by atoms with van der Waals surface area (Å²) in [5, 5.41) is 12.7. The van der Waals surface area contributed by atoms with E-state index in [1.54, 1.807) is 19.1 Å². The molecular formula is C20H25FN4O2. The first kappa shape index (κ1) is 19.2. The maximum absolute atomic E-state index is 13.2. The highest BCUT2D eigenvalue weighted by Crippen LogP contribution is 2.28. The van der Waals surface area contributed by atoms with Crippen LogP contribution < -0.4 is 5.32 Å². The molecule has 1 fully saturated rings. The van der Waals surface area contributed by atoms with Gasteiger partial charge in [-0.15, -0.1) is 0 Å². The standard InChI is InChI=1S/C20H25FN4O2/c1-13(15-5-7-16(21)8-6-15)17-19(22-9-12-25-10-3-4-11-25)23-14(2)18(24-17)20(26)27/h5-8,13H,3-4,9-12H2,1-2H3,(H,22,23)(H,26,27). The van der Waals surface area contributed by atoms with E-state index in [-0.39, 0.29) is 17.4 Å². The van der Waals surface area contributed by atoms with Crippen LogP contribution in [-0.2, 0) is 0 Å². The van der Waals surface area contributed by atoms with Crippen LogP contribution in [-0.4, -0.2) is 52.1 Å². The fourth-order valence-corrected chi connectivity index (χ4v) is 3.41. The van der Waals surface area contributed by atoms with E-state index in [4.69, 9.17) is 0 Å². The van der Waals surface area contributed by atoms with E-state index < -0.39 is 5.97 Å². The highest BCUT2D eigenvalue weighted by atomic mass is 19.1. The molecule has 0 bridgehead atoms. The summed E-state index contributed by atoms with van der Waals surface area (Å²) in [6, 6.07) is 6.17. The van der Waals surface area contributed by atoms with Gasteiger partial charge in [0.05, 0.1) is 11.4 Å². The monoisotopic (exact) mass is 372 g/mol. The maximum atomic E-state index is 13.2. The summed E-state index contributed by atoms with van der Waals surface area (Å²) in [5.41, 5.74) is 1.74. The van der Waals surface area contributed by atoms with Crippen molar-refractivity contribution in [3.05, 3.63) is 52.7 Å². The van der Waals surface area contributed by atoms with Crippen molar-refractivity contribution in [2.45, 2.75) is 32.6 Å². The van der Waals surface area contributed by atoms with Crippen molar-refractivity contribution in [3.8, 4) is 0 Å². The van der Waals surface area contributed by atoms with Gasteiger partial charge in [0, 0.05) is 19.0 Å². The average molecular weight is 372 g/mol. The Kier molecular flexibility index (Phi) is 6.01. The number of carboxylic acids is 1. The number of anilines is 1. The molecule has 2 aromatic rings. The number of hydrogen-bond acceptors (Lipinski definition) is 5. The number of rotatable bonds is 7. The molecule has 144 valence electrons. The predicted octanol–water partition coefficient (Wildman–Crippen LogP) is 3.28. The van der Waals surface area contributed by atoms with Gasteiger partial charge in [0.15, 0.2) is 5.69 Å². The topological polar surface area (TPSA) is 78.4 Å². The first-order chi connectivity index (χ1) is 13.0. The number of hydrogen-bond donors (Lipinski definition) is 2. The molecule has 0 amide bonds. The van der Waals surface area contributed by atoms with Crippen LogP contribution in [0.15, 0.2) is 24.3 Å². The van der Waals surface area contributed by atoms with E-state index in [1.165, 1.54) is 25.0 Å². The molecule has 0 aliphatic carbocycles. The third-order valence-electron chi connectivity index (χ3n) is 5.00. The number of aryl methyl sites for hydroxylation is 1. The van der Waals surface area contributed by atoms with Gasteiger partial charge in [-0.3, -0.25) is 0 Å². The zero-order chi connectivity index (χ0) is 19.4. The quantitative estimate of drug-likeness (QED) is 0.777. The number of nitrogens with one attached hydrogen (secondary N) is 1. The van der Waals surface area contributed by atoms with Gasteiger partial charge in [0.1, 0.15) is 11.6 Å². The van der Waals surface area contributed by atoms with Gasteiger partial charge in [0.25, 0.3) is 0 Å². The fourth-order valence-electron chi connectivity index (χ4n) is 3.41. The highest BCUT2D eigenvalue weighted by molar-refractivity contribution is 5.86. The van der Waals surface area contributed by atoms with Gasteiger partial charge in [0.2, 0.25) is 0 Å². The Morgan fingerprint density at radius 1 is 1.26 bits per heavy atom. The van der Waals surface area contributed by atoms with Crippen LogP contribution >= 0.6 is 0 Å². The highest BCUT2D eigenvalue weighted by Gasteiger charge is 2.21. The summed E-state index contributed by atoms with van der Waals surface area (Å²) < 4.78 is 13.2. The van der Waals surface area contributed by atoms with Crippen LogP contribution in [0, 0.1) is 12.7 Å². The van der Waals surface area contributed by atoms with Crippen molar-refractivity contribution in [2.75, 3.05) is 31.5 Å². The van der Waals surface area contributed by atoms with Crippen LogP contribution in [0.1, 0.15) is 53.1 Å². The van der Waals surface area contributed by atoms with Crippen molar-refractivity contribution >= 4 is 11.8 Å². The summed E-state index contributed by atoms with van der Waals surface area (Å²) in [5.74, 6) is -1.04. The molecule has 1 aromatic heterocycles. The Bertz CT molecular complexity index is 804. The molecule has 2 heterocycles. The van der Waals surface area contributed by atoms with E-state index in [9.17, 15) is 14.3 Å². The van der Waals surface area contributed by atoms with Crippen molar-refractivity contribution in [1.29, 1.82) is 0 Å². The van der Waals surface area contributed by atoms with Gasteiger partial charge in [-0.1, -0.05) is 19.1 Å². The third kappa shape index (κ3) is 4.60. The van der Waals surface area contributed by atoms with E-state index in [0.717, 1.165) is 25.2 Å². The lowest BCUT2D eigenvalue weighted by Gasteiger charge is -2.20. The largest absolute Gasteiger partial charge is 0.476 e. The summed E-state index contributed by atoms with van der Waals surface area (Å²) in [7, 11) is 0. The fraction of sp³-hybridized carbons (Fsp3) is 0.450. The number of benzene rings is 1. The van der Waals surface area contributed by atoms with Crippen molar-refractivity contribution in [3.63, 3.8) is 0 Å². The SMILES string of the molecule is Cc1nc(NCCN2CCCC2)c(C(C)c2ccc(F)cc2)nc1C(=O)O. The molecule has 7 heteroatoms. The maximum Gasteiger partial charge on any atom is 0.356 e. The molecule has 1 aliphatic heterocycles. The van der Waals surface area contributed by atoms with E-state index in [0.29, 0.717) is 23.8 Å². The second-order valence-corrected chi connectivity index (χ2v) is 6.95. The number of carboxylic acid groups (broad SMARTS) is 1. The van der Waals surface area contributed by atoms with E-state index >= 15 is 0 Å². The Balaban J connectivity index is 1.86. The Labute approximate surface area is 158 Å². The normalized spacial score (nSPS) is 15.7. The Hall–Kier alpha value is -2.54. The van der Waals surface area contributed by atoms with Crippen molar-refractivity contribution in [1.82, 2.24) is 14.9 Å². The number of likely N-dealkylation sites (tertiary alicyclic amines) is 1. The number of halogens is 1. The molecule has 1 unspecified atom stereocenters. The van der Waals surface area contributed by atoms with Crippen LogP contribution in [0.25, 0.3) is 0 Å². The molecule has 3 rings (SSSR count). The van der Waals surface area contributed by atoms with E-state index in [1.807, 2.05) is 6.92 Å². The zero-order valence-corrected chi connectivity index (χ0v) is 15.7. The molecule has 1 saturated heterocycles. The molecule has 2 N–H and O–H groups in total. The van der Waals surface area contributed by atoms with Crippen LogP contribution in [0.3, 0.4) is 0 Å². The van der Waals surface area contributed by atoms with Crippen LogP contribution in [0.2, 0.25) is 0 Å². The zero-order valence-electron chi connectivity index (χ0n) is 15.7.